The Morgan fingerprint density at radius 3 is 1.00 bits per heavy atom. The fourth-order valence-electron chi connectivity index (χ4n) is 0. The van der Waals surface area contributed by atoms with Crippen molar-refractivity contribution in [2.45, 2.75) is 0 Å². The van der Waals surface area contributed by atoms with Gasteiger partial charge in [-0.1, -0.05) is 0 Å². The monoisotopic (exact) mass is 149 g/mol. The molecule has 0 amide bonds. The Bertz CT molecular complexity index is 6.00. The number of hydrogen-bond acceptors (Lipinski definition) is 2. The summed E-state index contributed by atoms with van der Waals surface area (Å²) in [7, 11) is 0. The average Bonchev–Trinajstić information content (AvgIpc) is 1.00. The van der Waals surface area contributed by atoms with Gasteiger partial charge in [0.15, 0.2) is 0 Å². The van der Waals surface area contributed by atoms with E-state index in [0.717, 1.165) is 0 Å². The first-order valence-electron chi connectivity index (χ1n) is 0.200. The zero-order valence-electron chi connectivity index (χ0n) is 1.23. The molecule has 0 aromatic carbocycles. The first kappa shape index (κ1) is 16.4. The molecule has 0 fully saturated rings. The predicted molar refractivity (Wildman–Crippen MR) is 25.1 cm³/mol. The number of hydrogen-bond donors (Lipinski definition) is 2. The van der Waals surface area contributed by atoms with Gasteiger partial charge in [-0.15, -0.1) is 23.3 Å². The van der Waals surface area contributed by atoms with Crippen LogP contribution in [0, 0.1) is 0 Å². The van der Waals surface area contributed by atoms with E-state index in [4.69, 9.17) is 0 Å². The molecule has 0 rings (SSSR count). The van der Waals surface area contributed by atoms with Crippen LogP contribution in [0.1, 0.15) is 0 Å². The second kappa shape index (κ2) is 18.9. The van der Waals surface area contributed by atoms with Gasteiger partial charge in [0.25, 0.3) is 0 Å². The summed E-state index contributed by atoms with van der Waals surface area (Å²) in [6.07, 6.45) is 0. The molecule has 0 atom stereocenters. The van der Waals surface area contributed by atoms with Crippen molar-refractivity contribution in [1.29, 1.82) is 0 Å². The Balaban J connectivity index is -0.00000000500. The molecule has 0 N–H and O–H groups in total. The van der Waals surface area contributed by atoms with Gasteiger partial charge in [-0.2, -0.15) is 0 Å². The Labute approximate surface area is 68.8 Å². The molecular formula is H3CoNaS2. The number of thiol groups is 2. The van der Waals surface area contributed by atoms with Crippen molar-refractivity contribution in [2.75, 3.05) is 0 Å². The quantitative estimate of drug-likeness (QED) is 0.272. The molecule has 25 valence electrons. The summed E-state index contributed by atoms with van der Waals surface area (Å²) in [5.41, 5.74) is 0. The maximum absolute atomic E-state index is 3.22. The normalized spacial score (nSPS) is 1.50. The summed E-state index contributed by atoms with van der Waals surface area (Å²) in [5.74, 6) is 0. The van der Waals surface area contributed by atoms with Crippen molar-refractivity contribution in [1.82, 2.24) is 0 Å². The minimum atomic E-state index is 0. The van der Waals surface area contributed by atoms with Gasteiger partial charge in [-0.05, 0) is 0 Å². The molecule has 0 aromatic heterocycles. The van der Waals surface area contributed by atoms with Crippen LogP contribution in [-0.2, 0) is 16.8 Å². The molecular weight excluding hydrogens is 146 g/mol. The van der Waals surface area contributed by atoms with Gasteiger partial charge >= 0.3 is 29.6 Å². The third kappa shape index (κ3) is 8.88. The van der Waals surface area contributed by atoms with Crippen LogP contribution in [0.25, 0.3) is 0 Å². The standard InChI is InChI=1S/Co.Na.H2S2.H/c;;1-2;/h;;1-2H;. The second-order valence-corrected chi connectivity index (χ2v) is 0. The van der Waals surface area contributed by atoms with Gasteiger partial charge in [-0.25, -0.2) is 0 Å². The zero-order valence-corrected chi connectivity index (χ0v) is 4.06. The Morgan fingerprint density at radius 1 is 1.00 bits per heavy atom. The number of rotatable bonds is 0. The molecule has 0 aliphatic carbocycles. The van der Waals surface area contributed by atoms with E-state index in [9.17, 15) is 0 Å². The van der Waals surface area contributed by atoms with Crippen LogP contribution in [-0.4, -0.2) is 29.6 Å². The van der Waals surface area contributed by atoms with Crippen LogP contribution in [0.2, 0.25) is 0 Å². The van der Waals surface area contributed by atoms with Gasteiger partial charge in [-0.3, -0.25) is 0 Å². The molecule has 4 heteroatoms. The molecule has 1 radical (unpaired) electrons. The third-order valence-electron chi connectivity index (χ3n) is 0. The molecule has 0 spiro atoms. The van der Waals surface area contributed by atoms with Gasteiger partial charge in [0, 0.05) is 16.8 Å². The summed E-state index contributed by atoms with van der Waals surface area (Å²) in [5, 5.41) is 0. The molecule has 0 heterocycles. The summed E-state index contributed by atoms with van der Waals surface area (Å²) >= 11 is 6.44. The first-order chi connectivity index (χ1) is 1.00. The topological polar surface area (TPSA) is 0 Å². The first-order valence-corrected chi connectivity index (χ1v) is 1.80. The molecule has 0 saturated heterocycles. The van der Waals surface area contributed by atoms with E-state index >= 15 is 0 Å². The van der Waals surface area contributed by atoms with Crippen LogP contribution in [0.3, 0.4) is 0 Å². The molecule has 0 aliphatic heterocycles. The van der Waals surface area contributed by atoms with E-state index in [1.165, 1.54) is 0 Å². The maximum atomic E-state index is 3.22. The average molecular weight is 149 g/mol. The summed E-state index contributed by atoms with van der Waals surface area (Å²) in [4.78, 5) is 0. The van der Waals surface area contributed by atoms with Crippen molar-refractivity contribution in [3.05, 3.63) is 0 Å². The molecule has 0 unspecified atom stereocenters. The van der Waals surface area contributed by atoms with Crippen LogP contribution in [0.5, 0.6) is 0 Å². The second-order valence-electron chi connectivity index (χ2n) is 0. The fourth-order valence-corrected chi connectivity index (χ4v) is 0. The van der Waals surface area contributed by atoms with Crippen molar-refractivity contribution in [3.63, 3.8) is 0 Å². The van der Waals surface area contributed by atoms with Crippen molar-refractivity contribution >= 4 is 52.9 Å². The van der Waals surface area contributed by atoms with Crippen molar-refractivity contribution in [3.8, 4) is 0 Å². The Kier molecular flexibility index (Phi) is 77.4. The van der Waals surface area contributed by atoms with E-state index in [0.29, 0.717) is 0 Å². The van der Waals surface area contributed by atoms with Gasteiger partial charge in [0.1, 0.15) is 0 Å². The molecule has 0 nitrogen and oxygen atoms in total. The predicted octanol–water partition coefficient (Wildman–Crippen LogP) is 0.110. The van der Waals surface area contributed by atoms with Gasteiger partial charge < -0.3 is 0 Å². The summed E-state index contributed by atoms with van der Waals surface area (Å²) < 4.78 is 0. The van der Waals surface area contributed by atoms with Crippen LogP contribution >= 0.6 is 23.3 Å². The van der Waals surface area contributed by atoms with Gasteiger partial charge in [0.2, 0.25) is 0 Å². The molecule has 0 bridgehead atoms. The van der Waals surface area contributed by atoms with Crippen molar-refractivity contribution < 1.29 is 16.8 Å². The Morgan fingerprint density at radius 2 is 1.00 bits per heavy atom. The van der Waals surface area contributed by atoms with Crippen LogP contribution < -0.4 is 0 Å². The SMILES string of the molecule is SS.[Co].[NaH]. The van der Waals surface area contributed by atoms with Gasteiger partial charge in [0.05, 0.1) is 0 Å². The fraction of sp³-hybridized carbons (Fsp3) is 0. The van der Waals surface area contributed by atoms with E-state index in [1.807, 2.05) is 0 Å². The van der Waals surface area contributed by atoms with Crippen molar-refractivity contribution in [2.24, 2.45) is 0 Å². The molecule has 0 aliphatic rings. The third-order valence-corrected chi connectivity index (χ3v) is 0. The minimum absolute atomic E-state index is 0. The molecule has 0 aromatic rings. The van der Waals surface area contributed by atoms with E-state index in [-0.39, 0.29) is 46.3 Å². The van der Waals surface area contributed by atoms with Crippen LogP contribution in [0.4, 0.5) is 0 Å². The molecule has 0 saturated carbocycles. The molecule has 4 heavy (non-hydrogen) atoms. The summed E-state index contributed by atoms with van der Waals surface area (Å²) in [6, 6.07) is 0. The van der Waals surface area contributed by atoms with E-state index < -0.39 is 0 Å². The summed E-state index contributed by atoms with van der Waals surface area (Å²) in [6.45, 7) is 0. The Hall–Kier alpha value is 2.21. The van der Waals surface area contributed by atoms with Crippen LogP contribution in [0.15, 0.2) is 0 Å². The van der Waals surface area contributed by atoms with E-state index in [1.54, 1.807) is 0 Å². The van der Waals surface area contributed by atoms with E-state index in [2.05, 4.69) is 23.3 Å². The zero-order chi connectivity index (χ0) is 2.00.